The monoisotopic (exact) mass is 272 g/mol. The molecule has 1 amide bonds. The molecule has 0 aromatic heterocycles. The number of hydrogen-bond donors (Lipinski definition) is 1. The first-order valence-corrected chi connectivity index (χ1v) is 6.25. The molecule has 2 N–H and O–H groups in total. The van der Waals surface area contributed by atoms with Crippen molar-refractivity contribution in [1.29, 1.82) is 0 Å². The Bertz CT molecular complexity index is 462. The van der Waals surface area contributed by atoms with Crippen LogP contribution in [0.15, 0.2) is 12.1 Å². The first kappa shape index (κ1) is 12.7. The summed E-state index contributed by atoms with van der Waals surface area (Å²) in [5.74, 6) is -0.307. The number of rotatable bonds is 2. The summed E-state index contributed by atoms with van der Waals surface area (Å²) in [5.41, 5.74) is 7.53. The molecule has 1 aromatic carbocycles. The molecule has 1 aliphatic heterocycles. The maximum Gasteiger partial charge on any atom is 0.234 e. The Kier molecular flexibility index (Phi) is 3.61. The fraction of sp³-hybridized carbons (Fsp3) is 0.417. The van der Waals surface area contributed by atoms with Crippen LogP contribution in [0.2, 0.25) is 10.0 Å². The highest BCUT2D eigenvalue weighted by atomic mass is 35.5. The zero-order valence-electron chi connectivity index (χ0n) is 9.54. The van der Waals surface area contributed by atoms with E-state index in [9.17, 15) is 4.79 Å². The molecule has 92 valence electrons. The molecular formula is C12H14Cl2N2O. The van der Waals surface area contributed by atoms with Crippen molar-refractivity contribution in [3.8, 4) is 0 Å². The molecule has 3 nitrogen and oxygen atoms in total. The van der Waals surface area contributed by atoms with Gasteiger partial charge in [-0.1, -0.05) is 23.2 Å². The van der Waals surface area contributed by atoms with Gasteiger partial charge in [0.15, 0.2) is 0 Å². The van der Waals surface area contributed by atoms with Gasteiger partial charge >= 0.3 is 0 Å². The van der Waals surface area contributed by atoms with Crippen molar-refractivity contribution in [3.05, 3.63) is 33.3 Å². The number of primary amides is 1. The first-order chi connectivity index (χ1) is 7.99. The quantitative estimate of drug-likeness (QED) is 0.898. The fourth-order valence-corrected chi connectivity index (χ4v) is 2.71. The topological polar surface area (TPSA) is 46.3 Å². The van der Waals surface area contributed by atoms with Crippen LogP contribution in [0.25, 0.3) is 0 Å². The van der Waals surface area contributed by atoms with E-state index < -0.39 is 0 Å². The van der Waals surface area contributed by atoms with E-state index in [4.69, 9.17) is 28.9 Å². The Morgan fingerprint density at radius 2 is 2.18 bits per heavy atom. The molecule has 2 rings (SSSR count). The number of benzene rings is 1. The third-order valence-corrected chi connectivity index (χ3v) is 3.80. The molecule has 0 radical (unpaired) electrons. The number of fused-ring (bicyclic) bond motifs is 1. The second-order valence-electron chi connectivity index (χ2n) is 4.32. The molecule has 5 heteroatoms. The van der Waals surface area contributed by atoms with E-state index in [-0.39, 0.29) is 11.9 Å². The molecule has 1 aliphatic rings. The van der Waals surface area contributed by atoms with E-state index in [0.29, 0.717) is 16.6 Å². The summed E-state index contributed by atoms with van der Waals surface area (Å²) in [6, 6.07) is 3.41. The Balaban J connectivity index is 2.27. The fourth-order valence-electron chi connectivity index (χ4n) is 2.11. The summed E-state index contributed by atoms with van der Waals surface area (Å²) < 4.78 is 0. The number of carbonyl (C=O) groups is 1. The zero-order chi connectivity index (χ0) is 12.6. The van der Waals surface area contributed by atoms with Gasteiger partial charge in [0.1, 0.15) is 0 Å². The van der Waals surface area contributed by atoms with Crippen LogP contribution >= 0.6 is 23.2 Å². The highest BCUT2D eigenvalue weighted by Gasteiger charge is 2.25. The lowest BCUT2D eigenvalue weighted by Crippen LogP contribution is -2.45. The Labute approximate surface area is 110 Å². The maximum atomic E-state index is 11.2. The van der Waals surface area contributed by atoms with Crippen LogP contribution in [0.5, 0.6) is 0 Å². The van der Waals surface area contributed by atoms with Crippen LogP contribution in [0, 0.1) is 0 Å². The molecule has 0 spiro atoms. The summed E-state index contributed by atoms with van der Waals surface area (Å²) in [5, 5.41) is 1.32. The van der Waals surface area contributed by atoms with E-state index in [1.807, 2.05) is 17.9 Å². The van der Waals surface area contributed by atoms with Gasteiger partial charge in [0.05, 0.1) is 6.04 Å². The summed E-state index contributed by atoms with van der Waals surface area (Å²) >= 11 is 12.1. The van der Waals surface area contributed by atoms with Gasteiger partial charge in [0, 0.05) is 23.1 Å². The summed E-state index contributed by atoms with van der Waals surface area (Å²) in [6.07, 6.45) is 0.841. The van der Waals surface area contributed by atoms with Crippen LogP contribution in [0.4, 0.5) is 0 Å². The molecule has 0 aliphatic carbocycles. The summed E-state index contributed by atoms with van der Waals surface area (Å²) in [6.45, 7) is 3.26. The van der Waals surface area contributed by atoms with Crippen molar-refractivity contribution in [2.75, 3.05) is 6.54 Å². The molecule has 17 heavy (non-hydrogen) atoms. The Morgan fingerprint density at radius 1 is 1.47 bits per heavy atom. The normalized spacial score (nSPS) is 17.6. The lowest BCUT2D eigenvalue weighted by molar-refractivity contribution is -0.123. The molecule has 1 heterocycles. The van der Waals surface area contributed by atoms with Gasteiger partial charge in [0.25, 0.3) is 0 Å². The Hall–Kier alpha value is -0.770. The number of halogens is 2. The lowest BCUT2D eigenvalue weighted by Gasteiger charge is -2.32. The van der Waals surface area contributed by atoms with Crippen molar-refractivity contribution >= 4 is 29.1 Å². The van der Waals surface area contributed by atoms with Crippen LogP contribution in [0.1, 0.15) is 18.1 Å². The van der Waals surface area contributed by atoms with Crippen molar-refractivity contribution in [2.45, 2.75) is 25.9 Å². The number of hydrogen-bond acceptors (Lipinski definition) is 2. The van der Waals surface area contributed by atoms with Crippen LogP contribution < -0.4 is 5.73 Å². The number of carbonyl (C=O) groups excluding carboxylic acids is 1. The zero-order valence-corrected chi connectivity index (χ0v) is 11.1. The molecule has 0 saturated carbocycles. The largest absolute Gasteiger partial charge is 0.368 e. The van der Waals surface area contributed by atoms with Gasteiger partial charge < -0.3 is 5.73 Å². The molecule has 0 fully saturated rings. The third-order valence-electron chi connectivity index (χ3n) is 3.24. The van der Waals surface area contributed by atoms with E-state index in [1.54, 1.807) is 6.07 Å². The van der Waals surface area contributed by atoms with Crippen molar-refractivity contribution in [2.24, 2.45) is 5.73 Å². The van der Waals surface area contributed by atoms with E-state index in [0.717, 1.165) is 24.1 Å². The van der Waals surface area contributed by atoms with E-state index >= 15 is 0 Å². The maximum absolute atomic E-state index is 11.2. The van der Waals surface area contributed by atoms with Gasteiger partial charge in [-0.15, -0.1) is 0 Å². The molecule has 0 bridgehead atoms. The van der Waals surface area contributed by atoms with Gasteiger partial charge in [-0.05, 0) is 36.6 Å². The summed E-state index contributed by atoms with van der Waals surface area (Å²) in [4.78, 5) is 13.2. The average molecular weight is 273 g/mol. The second-order valence-corrected chi connectivity index (χ2v) is 5.17. The molecule has 0 saturated heterocycles. The van der Waals surface area contributed by atoms with Gasteiger partial charge in [-0.3, -0.25) is 9.69 Å². The first-order valence-electron chi connectivity index (χ1n) is 5.49. The Morgan fingerprint density at radius 3 is 2.82 bits per heavy atom. The van der Waals surface area contributed by atoms with Crippen LogP contribution in [-0.4, -0.2) is 23.4 Å². The number of nitrogens with zero attached hydrogens (tertiary/aromatic N) is 1. The van der Waals surface area contributed by atoms with Gasteiger partial charge in [-0.25, -0.2) is 0 Å². The van der Waals surface area contributed by atoms with Gasteiger partial charge in [-0.2, -0.15) is 0 Å². The highest BCUT2D eigenvalue weighted by Crippen LogP contribution is 2.30. The lowest BCUT2D eigenvalue weighted by atomic mass is 9.98. The SMILES string of the molecule is CC(C(N)=O)N1CCc2cc(Cl)cc(Cl)c2C1. The van der Waals surface area contributed by atoms with Crippen LogP contribution in [0.3, 0.4) is 0 Å². The predicted octanol–water partition coefficient (Wildman–Crippen LogP) is 2.23. The highest BCUT2D eigenvalue weighted by molar-refractivity contribution is 6.35. The minimum absolute atomic E-state index is 0.269. The van der Waals surface area contributed by atoms with E-state index in [2.05, 4.69) is 0 Å². The van der Waals surface area contributed by atoms with Crippen molar-refractivity contribution < 1.29 is 4.79 Å². The standard InChI is InChI=1S/C12H14Cl2N2O/c1-7(12(15)17)16-3-2-8-4-9(13)5-11(14)10(8)6-16/h4-5,7H,2-3,6H2,1H3,(H2,15,17). The summed E-state index contributed by atoms with van der Waals surface area (Å²) in [7, 11) is 0. The second kappa shape index (κ2) is 4.84. The number of amides is 1. The predicted molar refractivity (Wildman–Crippen MR) is 69.2 cm³/mol. The van der Waals surface area contributed by atoms with Crippen molar-refractivity contribution in [3.63, 3.8) is 0 Å². The smallest absolute Gasteiger partial charge is 0.234 e. The minimum atomic E-state index is -0.307. The third kappa shape index (κ3) is 2.57. The van der Waals surface area contributed by atoms with Crippen molar-refractivity contribution in [1.82, 2.24) is 4.90 Å². The minimum Gasteiger partial charge on any atom is -0.368 e. The average Bonchev–Trinajstić information content (AvgIpc) is 2.27. The van der Waals surface area contributed by atoms with E-state index in [1.165, 1.54) is 0 Å². The van der Waals surface area contributed by atoms with Crippen LogP contribution in [-0.2, 0) is 17.8 Å². The molecule has 1 unspecified atom stereocenters. The number of nitrogens with two attached hydrogens (primary N) is 1. The molecule has 1 atom stereocenters. The molecule has 1 aromatic rings. The van der Waals surface area contributed by atoms with Gasteiger partial charge in [0.2, 0.25) is 5.91 Å². The molecular weight excluding hydrogens is 259 g/mol.